The van der Waals surface area contributed by atoms with E-state index in [1.54, 1.807) is 12.3 Å². The third kappa shape index (κ3) is 3.83. The summed E-state index contributed by atoms with van der Waals surface area (Å²) in [5, 5.41) is 16.8. The predicted octanol–water partition coefficient (Wildman–Crippen LogP) is 2.25. The Balaban J connectivity index is 1.39. The number of amides is 1. The number of aliphatic hydroxyl groups is 1. The standard InChI is InChI=1S/C20H25FN4O2/c21-17-11-14(4-5-19(17)24-9-6-15(26)7-10-24)12-22-20(27)16-13-23-25-8-2-1-3-18(16)25/h4-5,11,13,15,26H,1-3,6-10,12H2,(H,22,27). The number of nitrogens with one attached hydrogen (secondary N) is 1. The molecule has 2 aromatic rings. The summed E-state index contributed by atoms with van der Waals surface area (Å²) in [5.41, 5.74) is 2.90. The van der Waals surface area contributed by atoms with E-state index in [2.05, 4.69) is 10.4 Å². The van der Waals surface area contributed by atoms with Crippen molar-refractivity contribution in [1.82, 2.24) is 15.1 Å². The van der Waals surface area contributed by atoms with Crippen LogP contribution in [-0.4, -0.2) is 40.0 Å². The Kier molecular flexibility index (Phi) is 5.11. The summed E-state index contributed by atoms with van der Waals surface area (Å²) in [6.45, 7) is 2.45. The van der Waals surface area contributed by atoms with Gasteiger partial charge in [-0.1, -0.05) is 6.07 Å². The van der Waals surface area contributed by atoms with E-state index in [0.717, 1.165) is 37.1 Å². The minimum Gasteiger partial charge on any atom is -0.393 e. The Morgan fingerprint density at radius 3 is 2.85 bits per heavy atom. The van der Waals surface area contributed by atoms with Crippen molar-refractivity contribution in [2.45, 2.75) is 51.3 Å². The first kappa shape index (κ1) is 18.0. The van der Waals surface area contributed by atoms with E-state index in [-0.39, 0.29) is 24.4 Å². The second-order valence-corrected chi connectivity index (χ2v) is 7.37. The normalized spacial score (nSPS) is 17.6. The zero-order valence-electron chi connectivity index (χ0n) is 15.3. The fourth-order valence-electron chi connectivity index (χ4n) is 3.91. The average molecular weight is 372 g/mol. The third-order valence-electron chi connectivity index (χ3n) is 5.50. The summed E-state index contributed by atoms with van der Waals surface area (Å²) >= 11 is 0. The quantitative estimate of drug-likeness (QED) is 0.864. The van der Waals surface area contributed by atoms with Crippen LogP contribution in [0.5, 0.6) is 0 Å². The Morgan fingerprint density at radius 2 is 2.07 bits per heavy atom. The van der Waals surface area contributed by atoms with Crippen LogP contribution in [0, 0.1) is 5.82 Å². The van der Waals surface area contributed by atoms with Gasteiger partial charge in [-0.25, -0.2) is 4.39 Å². The highest BCUT2D eigenvalue weighted by atomic mass is 19.1. The molecule has 3 heterocycles. The van der Waals surface area contributed by atoms with Crippen LogP contribution in [0.15, 0.2) is 24.4 Å². The van der Waals surface area contributed by atoms with E-state index in [9.17, 15) is 14.3 Å². The predicted molar refractivity (Wildman–Crippen MR) is 100 cm³/mol. The van der Waals surface area contributed by atoms with Gasteiger partial charge in [0.05, 0.1) is 29.2 Å². The Morgan fingerprint density at radius 1 is 1.26 bits per heavy atom. The summed E-state index contributed by atoms with van der Waals surface area (Å²) in [6.07, 6.45) is 5.71. The second-order valence-electron chi connectivity index (χ2n) is 7.37. The largest absolute Gasteiger partial charge is 0.393 e. The molecular weight excluding hydrogens is 347 g/mol. The molecule has 1 aromatic heterocycles. The number of fused-ring (bicyclic) bond motifs is 1. The number of aryl methyl sites for hydroxylation is 1. The molecule has 2 aliphatic heterocycles. The molecule has 0 aliphatic carbocycles. The number of piperidine rings is 1. The fourth-order valence-corrected chi connectivity index (χ4v) is 3.91. The van der Waals surface area contributed by atoms with Gasteiger partial charge in [0.15, 0.2) is 0 Å². The lowest BCUT2D eigenvalue weighted by Crippen LogP contribution is -2.36. The number of carbonyl (C=O) groups excluding carboxylic acids is 1. The Bertz CT molecular complexity index is 827. The second kappa shape index (κ2) is 7.68. The summed E-state index contributed by atoms with van der Waals surface area (Å²) in [4.78, 5) is 14.5. The molecule has 144 valence electrons. The number of halogens is 1. The van der Waals surface area contributed by atoms with Gasteiger partial charge < -0.3 is 15.3 Å². The molecule has 1 fully saturated rings. The van der Waals surface area contributed by atoms with E-state index in [0.29, 0.717) is 37.2 Å². The monoisotopic (exact) mass is 372 g/mol. The smallest absolute Gasteiger partial charge is 0.255 e. The van der Waals surface area contributed by atoms with Crippen molar-refractivity contribution in [2.24, 2.45) is 0 Å². The van der Waals surface area contributed by atoms with Crippen LogP contribution >= 0.6 is 0 Å². The van der Waals surface area contributed by atoms with Crippen LogP contribution in [0.2, 0.25) is 0 Å². The van der Waals surface area contributed by atoms with Gasteiger partial charge in [-0.15, -0.1) is 0 Å². The average Bonchev–Trinajstić information content (AvgIpc) is 3.11. The molecule has 6 nitrogen and oxygen atoms in total. The number of aliphatic hydroxyl groups excluding tert-OH is 1. The molecule has 0 unspecified atom stereocenters. The van der Waals surface area contributed by atoms with Crippen molar-refractivity contribution < 1.29 is 14.3 Å². The van der Waals surface area contributed by atoms with Crippen LogP contribution in [0.25, 0.3) is 0 Å². The molecule has 0 spiro atoms. The van der Waals surface area contributed by atoms with Crippen molar-refractivity contribution in [3.05, 3.63) is 47.0 Å². The number of benzene rings is 1. The highest BCUT2D eigenvalue weighted by Crippen LogP contribution is 2.24. The van der Waals surface area contributed by atoms with E-state index in [4.69, 9.17) is 0 Å². The van der Waals surface area contributed by atoms with E-state index < -0.39 is 0 Å². The van der Waals surface area contributed by atoms with Crippen LogP contribution in [-0.2, 0) is 19.5 Å². The van der Waals surface area contributed by atoms with E-state index >= 15 is 0 Å². The lowest BCUT2D eigenvalue weighted by atomic mass is 10.1. The first-order valence-electron chi connectivity index (χ1n) is 9.66. The zero-order valence-corrected chi connectivity index (χ0v) is 15.3. The number of hydrogen-bond acceptors (Lipinski definition) is 4. The number of anilines is 1. The van der Waals surface area contributed by atoms with Gasteiger partial charge in [0.25, 0.3) is 5.91 Å². The first-order valence-corrected chi connectivity index (χ1v) is 9.66. The minimum absolute atomic E-state index is 0.160. The van der Waals surface area contributed by atoms with Crippen molar-refractivity contribution >= 4 is 11.6 Å². The maximum Gasteiger partial charge on any atom is 0.255 e. The number of nitrogens with zero attached hydrogens (tertiary/aromatic N) is 3. The molecule has 0 saturated carbocycles. The van der Waals surface area contributed by atoms with Crippen molar-refractivity contribution in [3.63, 3.8) is 0 Å². The molecule has 0 radical (unpaired) electrons. The Labute approximate surface area is 158 Å². The van der Waals surface area contributed by atoms with Crippen LogP contribution in [0.1, 0.15) is 47.3 Å². The van der Waals surface area contributed by atoms with Gasteiger partial charge in [0.2, 0.25) is 0 Å². The maximum atomic E-state index is 14.5. The summed E-state index contributed by atoms with van der Waals surface area (Å²) < 4.78 is 16.4. The zero-order chi connectivity index (χ0) is 18.8. The molecule has 2 N–H and O–H groups in total. The highest BCUT2D eigenvalue weighted by Gasteiger charge is 2.21. The Hall–Kier alpha value is -2.41. The molecule has 1 saturated heterocycles. The molecule has 0 bridgehead atoms. The minimum atomic E-state index is -0.291. The number of rotatable bonds is 4. The van der Waals surface area contributed by atoms with E-state index in [1.165, 1.54) is 6.07 Å². The van der Waals surface area contributed by atoms with Gasteiger partial charge in [-0.2, -0.15) is 5.10 Å². The third-order valence-corrected chi connectivity index (χ3v) is 5.50. The summed E-state index contributed by atoms with van der Waals surface area (Å²) in [7, 11) is 0. The van der Waals surface area contributed by atoms with Gasteiger partial charge in [-0.05, 0) is 49.8 Å². The van der Waals surface area contributed by atoms with Crippen LogP contribution < -0.4 is 10.2 Å². The van der Waals surface area contributed by atoms with Crippen LogP contribution in [0.3, 0.4) is 0 Å². The molecule has 7 heteroatoms. The van der Waals surface area contributed by atoms with Gasteiger partial charge in [0.1, 0.15) is 5.82 Å². The molecule has 27 heavy (non-hydrogen) atoms. The lowest BCUT2D eigenvalue weighted by molar-refractivity contribution is 0.0949. The highest BCUT2D eigenvalue weighted by molar-refractivity contribution is 5.95. The molecule has 0 atom stereocenters. The van der Waals surface area contributed by atoms with E-state index in [1.807, 2.05) is 15.6 Å². The topological polar surface area (TPSA) is 70.4 Å². The molecule has 1 aromatic carbocycles. The molecular formula is C20H25FN4O2. The maximum absolute atomic E-state index is 14.5. The van der Waals surface area contributed by atoms with Gasteiger partial charge in [0, 0.05) is 26.2 Å². The number of aromatic nitrogens is 2. The summed E-state index contributed by atoms with van der Waals surface area (Å²) in [5.74, 6) is -0.450. The van der Waals surface area contributed by atoms with Gasteiger partial charge >= 0.3 is 0 Å². The first-order chi connectivity index (χ1) is 13.1. The molecule has 1 amide bonds. The molecule has 2 aliphatic rings. The van der Waals surface area contributed by atoms with Crippen molar-refractivity contribution in [2.75, 3.05) is 18.0 Å². The van der Waals surface area contributed by atoms with Crippen molar-refractivity contribution in [1.29, 1.82) is 0 Å². The number of carbonyl (C=O) groups is 1. The molecule has 4 rings (SSSR count). The van der Waals surface area contributed by atoms with Crippen molar-refractivity contribution in [3.8, 4) is 0 Å². The fraction of sp³-hybridized carbons (Fsp3) is 0.500. The van der Waals surface area contributed by atoms with Gasteiger partial charge in [-0.3, -0.25) is 9.48 Å². The van der Waals surface area contributed by atoms with Crippen LogP contribution in [0.4, 0.5) is 10.1 Å². The lowest BCUT2D eigenvalue weighted by Gasteiger charge is -2.31. The number of hydrogen-bond donors (Lipinski definition) is 2. The SMILES string of the molecule is O=C(NCc1ccc(N2CCC(O)CC2)c(F)c1)c1cnn2c1CCCC2. The summed E-state index contributed by atoms with van der Waals surface area (Å²) in [6, 6.07) is 5.08.